The minimum Gasteiger partial charge on any atom is -0.335 e. The van der Waals surface area contributed by atoms with Crippen LogP contribution in [0.5, 0.6) is 0 Å². The number of hydrogen-bond donors (Lipinski definition) is 1. The number of piperazine rings is 1. The third kappa shape index (κ3) is 3.95. The molecule has 10 heteroatoms. The fraction of sp³-hybridized carbons (Fsp3) is 0.286. The van der Waals surface area contributed by atoms with E-state index in [0.717, 1.165) is 0 Å². The lowest BCUT2D eigenvalue weighted by Crippen LogP contribution is -2.51. The highest BCUT2D eigenvalue weighted by atomic mass is 35.5. The third-order valence-corrected chi connectivity index (χ3v) is 4.58. The molecule has 3 amide bonds. The molecule has 0 saturated carbocycles. The SMILES string of the molecule is O=C(Nc1nncs1)N1CCN(C(=O)c2cc(Cl)cc(Cl)c2)CC1. The van der Waals surface area contributed by atoms with E-state index >= 15 is 0 Å². The summed E-state index contributed by atoms with van der Waals surface area (Å²) in [7, 11) is 0. The lowest BCUT2D eigenvalue weighted by atomic mass is 10.2. The van der Waals surface area contributed by atoms with Gasteiger partial charge in [-0.1, -0.05) is 34.5 Å². The topological polar surface area (TPSA) is 78.4 Å². The molecule has 1 saturated heterocycles. The highest BCUT2D eigenvalue weighted by Gasteiger charge is 2.25. The van der Waals surface area contributed by atoms with Crippen LogP contribution in [0.1, 0.15) is 10.4 Å². The molecule has 0 spiro atoms. The summed E-state index contributed by atoms with van der Waals surface area (Å²) in [6.07, 6.45) is 0. The van der Waals surface area contributed by atoms with Crippen LogP contribution in [0.15, 0.2) is 23.7 Å². The Labute approximate surface area is 152 Å². The van der Waals surface area contributed by atoms with Crippen LogP contribution >= 0.6 is 34.5 Å². The Kier molecular flexibility index (Phi) is 5.17. The number of aromatic nitrogens is 2. The van der Waals surface area contributed by atoms with Gasteiger partial charge in [-0.15, -0.1) is 10.2 Å². The van der Waals surface area contributed by atoms with Crippen LogP contribution in [-0.2, 0) is 0 Å². The Morgan fingerprint density at radius 2 is 1.67 bits per heavy atom. The van der Waals surface area contributed by atoms with Crippen molar-refractivity contribution in [3.8, 4) is 0 Å². The molecule has 1 aliphatic rings. The number of rotatable bonds is 2. The van der Waals surface area contributed by atoms with Crippen LogP contribution < -0.4 is 5.32 Å². The fourth-order valence-corrected chi connectivity index (χ4v) is 3.33. The summed E-state index contributed by atoms with van der Waals surface area (Å²) < 4.78 is 0. The average molecular weight is 386 g/mol. The van der Waals surface area contributed by atoms with E-state index in [1.165, 1.54) is 11.3 Å². The molecule has 1 aromatic heterocycles. The number of carbonyl (C=O) groups excluding carboxylic acids is 2. The van der Waals surface area contributed by atoms with Crippen molar-refractivity contribution in [3.05, 3.63) is 39.3 Å². The van der Waals surface area contributed by atoms with Gasteiger partial charge in [0.25, 0.3) is 5.91 Å². The van der Waals surface area contributed by atoms with Crippen molar-refractivity contribution in [2.45, 2.75) is 0 Å². The number of nitrogens with zero attached hydrogens (tertiary/aromatic N) is 4. The lowest BCUT2D eigenvalue weighted by molar-refractivity contribution is 0.0671. The van der Waals surface area contributed by atoms with Gasteiger partial charge >= 0.3 is 6.03 Å². The van der Waals surface area contributed by atoms with E-state index in [9.17, 15) is 9.59 Å². The molecule has 1 N–H and O–H groups in total. The molecule has 2 heterocycles. The van der Waals surface area contributed by atoms with Gasteiger partial charge in [0, 0.05) is 41.8 Å². The Balaban J connectivity index is 1.58. The van der Waals surface area contributed by atoms with Gasteiger partial charge < -0.3 is 9.80 Å². The fourth-order valence-electron chi connectivity index (χ4n) is 2.37. The lowest BCUT2D eigenvalue weighted by Gasteiger charge is -2.34. The molecule has 1 aromatic carbocycles. The smallest absolute Gasteiger partial charge is 0.323 e. The van der Waals surface area contributed by atoms with E-state index < -0.39 is 0 Å². The largest absolute Gasteiger partial charge is 0.335 e. The van der Waals surface area contributed by atoms with E-state index in [2.05, 4.69) is 15.5 Å². The maximum absolute atomic E-state index is 12.5. The Morgan fingerprint density at radius 1 is 1.04 bits per heavy atom. The standard InChI is InChI=1S/C14H13Cl2N5O2S/c15-10-5-9(6-11(16)7-10)12(22)20-1-3-21(4-2-20)14(23)18-13-19-17-8-24-13/h5-8H,1-4H2,(H,18,19,23). The molecule has 0 atom stereocenters. The maximum Gasteiger partial charge on any atom is 0.323 e. The minimum atomic E-state index is -0.246. The van der Waals surface area contributed by atoms with E-state index in [4.69, 9.17) is 23.2 Å². The molecule has 2 aromatic rings. The molecule has 0 unspecified atom stereocenters. The second-order valence-electron chi connectivity index (χ2n) is 5.11. The first-order valence-corrected chi connectivity index (χ1v) is 8.74. The van der Waals surface area contributed by atoms with Crippen LogP contribution in [0.3, 0.4) is 0 Å². The van der Waals surface area contributed by atoms with Crippen molar-refractivity contribution in [2.24, 2.45) is 0 Å². The van der Waals surface area contributed by atoms with Gasteiger partial charge in [-0.3, -0.25) is 10.1 Å². The quantitative estimate of drug-likeness (QED) is 0.861. The van der Waals surface area contributed by atoms with Crippen molar-refractivity contribution in [3.63, 3.8) is 0 Å². The zero-order valence-corrected chi connectivity index (χ0v) is 14.7. The molecule has 3 rings (SSSR count). The molecule has 0 aliphatic carbocycles. The third-order valence-electron chi connectivity index (χ3n) is 3.54. The molecule has 0 radical (unpaired) electrons. The van der Waals surface area contributed by atoms with Gasteiger partial charge in [0.05, 0.1) is 0 Å². The highest BCUT2D eigenvalue weighted by molar-refractivity contribution is 7.13. The summed E-state index contributed by atoms with van der Waals surface area (Å²) in [5, 5.41) is 11.4. The molecule has 24 heavy (non-hydrogen) atoms. The molecule has 0 bridgehead atoms. The molecule has 1 fully saturated rings. The van der Waals surface area contributed by atoms with Crippen LogP contribution in [0.4, 0.5) is 9.93 Å². The van der Waals surface area contributed by atoms with Gasteiger partial charge in [-0.2, -0.15) is 0 Å². The van der Waals surface area contributed by atoms with E-state index in [1.54, 1.807) is 33.5 Å². The maximum atomic E-state index is 12.5. The summed E-state index contributed by atoms with van der Waals surface area (Å²) in [4.78, 5) is 27.9. The predicted molar refractivity (Wildman–Crippen MR) is 92.9 cm³/mol. The Hall–Kier alpha value is -1.90. The number of hydrogen-bond acceptors (Lipinski definition) is 5. The van der Waals surface area contributed by atoms with Crippen LogP contribution in [0, 0.1) is 0 Å². The van der Waals surface area contributed by atoms with Crippen LogP contribution in [0.2, 0.25) is 10.0 Å². The zero-order chi connectivity index (χ0) is 17.1. The monoisotopic (exact) mass is 385 g/mol. The van der Waals surface area contributed by atoms with E-state index in [0.29, 0.717) is 46.9 Å². The first-order chi connectivity index (χ1) is 11.5. The minimum absolute atomic E-state index is 0.149. The number of anilines is 1. The molecule has 1 aliphatic heterocycles. The first-order valence-electron chi connectivity index (χ1n) is 7.10. The van der Waals surface area contributed by atoms with Gasteiger partial charge in [0.15, 0.2) is 0 Å². The van der Waals surface area contributed by atoms with Gasteiger partial charge in [-0.25, -0.2) is 4.79 Å². The predicted octanol–water partition coefficient (Wildman–Crippen LogP) is 2.83. The summed E-state index contributed by atoms with van der Waals surface area (Å²) in [5.41, 5.74) is 1.99. The van der Waals surface area contributed by atoms with Gasteiger partial charge in [0.1, 0.15) is 5.51 Å². The van der Waals surface area contributed by atoms with E-state index in [1.807, 2.05) is 0 Å². The second kappa shape index (κ2) is 7.33. The number of halogens is 2. The number of amides is 3. The normalized spacial score (nSPS) is 14.6. The molecule has 126 valence electrons. The Morgan fingerprint density at radius 3 is 2.25 bits per heavy atom. The summed E-state index contributed by atoms with van der Waals surface area (Å²) in [5.74, 6) is -0.149. The van der Waals surface area contributed by atoms with Gasteiger partial charge in [0.2, 0.25) is 5.13 Å². The number of benzene rings is 1. The number of nitrogens with one attached hydrogen (secondary N) is 1. The van der Waals surface area contributed by atoms with Crippen molar-refractivity contribution in [1.29, 1.82) is 0 Å². The summed E-state index contributed by atoms with van der Waals surface area (Å²) in [6, 6.07) is 4.51. The van der Waals surface area contributed by atoms with Crippen molar-refractivity contribution >= 4 is 51.6 Å². The molecular weight excluding hydrogens is 373 g/mol. The number of urea groups is 1. The van der Waals surface area contributed by atoms with E-state index in [-0.39, 0.29) is 11.9 Å². The summed E-state index contributed by atoms with van der Waals surface area (Å²) in [6.45, 7) is 1.74. The van der Waals surface area contributed by atoms with Crippen molar-refractivity contribution in [2.75, 3.05) is 31.5 Å². The molecule has 7 nitrogen and oxygen atoms in total. The first kappa shape index (κ1) is 16.9. The zero-order valence-electron chi connectivity index (χ0n) is 12.4. The number of carbonyl (C=O) groups is 2. The van der Waals surface area contributed by atoms with Crippen molar-refractivity contribution < 1.29 is 9.59 Å². The Bertz CT molecular complexity index is 727. The van der Waals surface area contributed by atoms with Crippen LogP contribution in [0.25, 0.3) is 0 Å². The van der Waals surface area contributed by atoms with Crippen LogP contribution in [-0.4, -0.2) is 58.1 Å². The summed E-state index contributed by atoms with van der Waals surface area (Å²) >= 11 is 13.1. The van der Waals surface area contributed by atoms with Gasteiger partial charge in [-0.05, 0) is 18.2 Å². The highest BCUT2D eigenvalue weighted by Crippen LogP contribution is 2.21. The van der Waals surface area contributed by atoms with Crippen molar-refractivity contribution in [1.82, 2.24) is 20.0 Å². The average Bonchev–Trinajstić information content (AvgIpc) is 3.06. The second-order valence-corrected chi connectivity index (χ2v) is 6.82. The molecular formula is C14H13Cl2N5O2S.